The van der Waals surface area contributed by atoms with Crippen molar-refractivity contribution in [2.24, 2.45) is 0 Å². The number of carbonyl (C=O) groups excluding carboxylic acids is 2. The lowest BCUT2D eigenvalue weighted by atomic mass is 10.3. The van der Waals surface area contributed by atoms with Crippen LogP contribution in [0.15, 0.2) is 0 Å². The Bertz CT molecular complexity index is 182. The van der Waals surface area contributed by atoms with Crippen molar-refractivity contribution >= 4 is 12.0 Å². The Kier molecular flexibility index (Phi) is 5.67. The molecule has 1 unspecified atom stereocenters. The second-order valence-corrected chi connectivity index (χ2v) is 2.65. The van der Waals surface area contributed by atoms with Crippen LogP contribution in [0.4, 0.5) is 4.79 Å². The molecule has 0 aromatic heterocycles. The van der Waals surface area contributed by atoms with Crippen LogP contribution in [-0.4, -0.2) is 31.7 Å². The minimum absolute atomic E-state index is 0.347. The quantitative estimate of drug-likeness (QED) is 0.622. The summed E-state index contributed by atoms with van der Waals surface area (Å²) in [6, 6.07) is -0.957. The van der Waals surface area contributed by atoms with Gasteiger partial charge in [-0.1, -0.05) is 6.92 Å². The molecule has 0 fully saturated rings. The highest BCUT2D eigenvalue weighted by molar-refractivity contribution is 5.83. The van der Waals surface area contributed by atoms with E-state index in [4.69, 9.17) is 0 Å². The van der Waals surface area contributed by atoms with Crippen molar-refractivity contribution in [1.29, 1.82) is 0 Å². The van der Waals surface area contributed by atoms with Gasteiger partial charge in [-0.2, -0.15) is 0 Å². The zero-order chi connectivity index (χ0) is 10.3. The third-order valence-electron chi connectivity index (χ3n) is 1.44. The normalized spacial score (nSPS) is 11.6. The van der Waals surface area contributed by atoms with E-state index in [1.807, 2.05) is 6.92 Å². The van der Waals surface area contributed by atoms with E-state index in [0.29, 0.717) is 6.54 Å². The van der Waals surface area contributed by atoms with Crippen LogP contribution in [0.3, 0.4) is 0 Å². The van der Waals surface area contributed by atoms with Crippen LogP contribution in [0.1, 0.15) is 20.3 Å². The first-order chi connectivity index (χ1) is 6.11. The van der Waals surface area contributed by atoms with Gasteiger partial charge in [-0.05, 0) is 13.3 Å². The van der Waals surface area contributed by atoms with Gasteiger partial charge in [0.25, 0.3) is 0 Å². The lowest BCUT2D eigenvalue weighted by Crippen LogP contribution is -2.44. The fourth-order valence-electron chi connectivity index (χ4n) is 0.722. The molecule has 0 bridgehead atoms. The summed E-state index contributed by atoms with van der Waals surface area (Å²) in [4.78, 5) is 21.9. The van der Waals surface area contributed by atoms with Crippen molar-refractivity contribution in [2.45, 2.75) is 26.3 Å². The number of hydrogen-bond acceptors (Lipinski definition) is 3. The van der Waals surface area contributed by atoms with E-state index < -0.39 is 12.0 Å². The largest absolute Gasteiger partial charge is 0.467 e. The van der Waals surface area contributed by atoms with Gasteiger partial charge >= 0.3 is 12.0 Å². The first-order valence-electron chi connectivity index (χ1n) is 4.24. The highest BCUT2D eigenvalue weighted by atomic mass is 16.5. The summed E-state index contributed by atoms with van der Waals surface area (Å²) in [6.07, 6.45) is 0.861. The summed E-state index contributed by atoms with van der Waals surface area (Å²) in [6.45, 7) is 4.11. The number of nitrogens with one attached hydrogen (secondary N) is 2. The molecule has 2 N–H and O–H groups in total. The molecule has 0 aromatic rings. The Labute approximate surface area is 77.8 Å². The Morgan fingerprint density at radius 3 is 2.54 bits per heavy atom. The summed E-state index contributed by atoms with van der Waals surface area (Å²) in [5.74, 6) is -0.452. The van der Waals surface area contributed by atoms with Gasteiger partial charge in [0, 0.05) is 6.54 Å². The van der Waals surface area contributed by atoms with Gasteiger partial charge in [-0.25, -0.2) is 9.59 Å². The van der Waals surface area contributed by atoms with Gasteiger partial charge in [0.1, 0.15) is 6.04 Å². The Morgan fingerprint density at radius 1 is 1.46 bits per heavy atom. The smallest absolute Gasteiger partial charge is 0.328 e. The molecule has 0 aliphatic carbocycles. The van der Waals surface area contributed by atoms with Gasteiger partial charge in [0.15, 0.2) is 0 Å². The van der Waals surface area contributed by atoms with Gasteiger partial charge in [-0.15, -0.1) is 0 Å². The van der Waals surface area contributed by atoms with Gasteiger partial charge in [-0.3, -0.25) is 0 Å². The van der Waals surface area contributed by atoms with Crippen molar-refractivity contribution in [3.05, 3.63) is 0 Å². The number of urea groups is 1. The summed E-state index contributed by atoms with van der Waals surface area (Å²) >= 11 is 0. The van der Waals surface area contributed by atoms with Gasteiger partial charge < -0.3 is 15.4 Å². The van der Waals surface area contributed by atoms with Crippen LogP contribution in [0.25, 0.3) is 0 Å². The lowest BCUT2D eigenvalue weighted by molar-refractivity contribution is -0.142. The molecular weight excluding hydrogens is 172 g/mol. The maximum atomic E-state index is 11.0. The predicted molar refractivity (Wildman–Crippen MR) is 48.3 cm³/mol. The standard InChI is InChI=1S/C8H16N2O3/c1-4-5-9-8(12)10-6(2)7(11)13-3/h6H,4-5H2,1-3H3,(H2,9,10,12). The topological polar surface area (TPSA) is 67.4 Å². The van der Waals surface area contributed by atoms with Crippen molar-refractivity contribution in [2.75, 3.05) is 13.7 Å². The fraction of sp³-hybridized carbons (Fsp3) is 0.750. The SMILES string of the molecule is CCCNC(=O)NC(C)C(=O)OC. The zero-order valence-corrected chi connectivity index (χ0v) is 8.22. The van der Waals surface area contributed by atoms with E-state index in [-0.39, 0.29) is 6.03 Å². The first kappa shape index (κ1) is 11.7. The third-order valence-corrected chi connectivity index (χ3v) is 1.44. The monoisotopic (exact) mass is 188 g/mol. The van der Waals surface area contributed by atoms with E-state index in [0.717, 1.165) is 6.42 Å². The summed E-state index contributed by atoms with van der Waals surface area (Å²) in [5, 5.41) is 5.03. The molecule has 76 valence electrons. The summed E-state index contributed by atoms with van der Waals surface area (Å²) in [7, 11) is 1.28. The van der Waals surface area contributed by atoms with Crippen LogP contribution in [0.5, 0.6) is 0 Å². The molecule has 0 heterocycles. The molecule has 0 aliphatic rings. The maximum Gasteiger partial charge on any atom is 0.328 e. The molecule has 1 atom stereocenters. The molecule has 0 aliphatic heterocycles. The van der Waals surface area contributed by atoms with Crippen molar-refractivity contribution in [3.63, 3.8) is 0 Å². The predicted octanol–water partition coefficient (Wildman–Crippen LogP) is 0.257. The molecule has 2 amide bonds. The Hall–Kier alpha value is -1.26. The molecule has 13 heavy (non-hydrogen) atoms. The Morgan fingerprint density at radius 2 is 2.08 bits per heavy atom. The van der Waals surface area contributed by atoms with Crippen molar-refractivity contribution in [3.8, 4) is 0 Å². The minimum atomic E-state index is -0.609. The summed E-state index contributed by atoms with van der Waals surface area (Å²) < 4.78 is 4.44. The average molecular weight is 188 g/mol. The van der Waals surface area contributed by atoms with Crippen molar-refractivity contribution in [1.82, 2.24) is 10.6 Å². The minimum Gasteiger partial charge on any atom is -0.467 e. The molecule has 5 heteroatoms. The van der Waals surface area contributed by atoms with Crippen LogP contribution < -0.4 is 10.6 Å². The maximum absolute atomic E-state index is 11.0. The van der Waals surface area contributed by atoms with E-state index in [1.54, 1.807) is 6.92 Å². The second kappa shape index (κ2) is 6.28. The zero-order valence-electron chi connectivity index (χ0n) is 8.22. The lowest BCUT2D eigenvalue weighted by Gasteiger charge is -2.11. The number of amides is 2. The first-order valence-corrected chi connectivity index (χ1v) is 4.24. The Balaban J connectivity index is 3.71. The molecular formula is C8H16N2O3. The molecule has 0 saturated heterocycles. The van der Waals surface area contributed by atoms with Gasteiger partial charge in [0.05, 0.1) is 7.11 Å². The van der Waals surface area contributed by atoms with Crippen LogP contribution in [0.2, 0.25) is 0 Å². The van der Waals surface area contributed by atoms with Gasteiger partial charge in [0.2, 0.25) is 0 Å². The third kappa shape index (κ3) is 5.05. The number of carbonyl (C=O) groups is 2. The number of ether oxygens (including phenoxy) is 1. The van der Waals surface area contributed by atoms with Crippen LogP contribution in [0, 0.1) is 0 Å². The van der Waals surface area contributed by atoms with E-state index in [1.165, 1.54) is 7.11 Å². The number of rotatable bonds is 4. The highest BCUT2D eigenvalue weighted by Gasteiger charge is 2.14. The summed E-state index contributed by atoms with van der Waals surface area (Å²) in [5.41, 5.74) is 0. The highest BCUT2D eigenvalue weighted by Crippen LogP contribution is 1.85. The molecule has 0 aromatic carbocycles. The average Bonchev–Trinajstić information content (AvgIpc) is 2.13. The molecule has 0 rings (SSSR count). The van der Waals surface area contributed by atoms with E-state index in [9.17, 15) is 9.59 Å². The van der Waals surface area contributed by atoms with E-state index >= 15 is 0 Å². The number of methoxy groups -OCH3 is 1. The van der Waals surface area contributed by atoms with Crippen molar-refractivity contribution < 1.29 is 14.3 Å². The number of hydrogen-bond donors (Lipinski definition) is 2. The molecule has 5 nitrogen and oxygen atoms in total. The van der Waals surface area contributed by atoms with Crippen LogP contribution >= 0.6 is 0 Å². The molecule has 0 spiro atoms. The molecule has 0 saturated carbocycles. The van der Waals surface area contributed by atoms with Crippen LogP contribution in [-0.2, 0) is 9.53 Å². The molecule has 0 radical (unpaired) electrons. The fourth-order valence-corrected chi connectivity index (χ4v) is 0.722. The van der Waals surface area contributed by atoms with E-state index in [2.05, 4.69) is 15.4 Å². The second-order valence-electron chi connectivity index (χ2n) is 2.65. The number of esters is 1.